The molecule has 8 heteroatoms. The molecule has 1 saturated carbocycles. The van der Waals surface area contributed by atoms with Gasteiger partial charge in [-0.15, -0.1) is 5.10 Å². The van der Waals surface area contributed by atoms with E-state index in [0.29, 0.717) is 24.7 Å². The maximum absolute atomic E-state index is 11.0. The highest BCUT2D eigenvalue weighted by Gasteiger charge is 2.21. The number of aromatic nitrogens is 4. The zero-order valence-electron chi connectivity index (χ0n) is 11.7. The Morgan fingerprint density at radius 2 is 2.29 bits per heavy atom. The predicted octanol–water partition coefficient (Wildman–Crippen LogP) is 1.19. The zero-order chi connectivity index (χ0) is 14.8. The maximum atomic E-state index is 11.0. The standard InChI is InChI=1S/C13H16N6O2/c1-9-10(3-2-4-12(9)19(20)21)8-18-13(15-16-17-18)7-14-11-5-6-11/h2-4,11,14H,5-8H2,1H3. The van der Waals surface area contributed by atoms with Crippen LogP contribution in [0.4, 0.5) is 5.69 Å². The number of tetrazole rings is 1. The van der Waals surface area contributed by atoms with Crippen LogP contribution in [0.15, 0.2) is 18.2 Å². The van der Waals surface area contributed by atoms with Crippen molar-refractivity contribution in [3.05, 3.63) is 45.3 Å². The summed E-state index contributed by atoms with van der Waals surface area (Å²) in [4.78, 5) is 10.6. The van der Waals surface area contributed by atoms with Crippen molar-refractivity contribution in [2.24, 2.45) is 0 Å². The molecule has 0 atom stereocenters. The number of hydrogen-bond donors (Lipinski definition) is 1. The van der Waals surface area contributed by atoms with Gasteiger partial charge in [0.05, 0.1) is 18.0 Å². The molecular formula is C13H16N6O2. The molecule has 0 amide bonds. The lowest BCUT2D eigenvalue weighted by atomic mass is 10.1. The van der Waals surface area contributed by atoms with Gasteiger partial charge in [0.1, 0.15) is 0 Å². The summed E-state index contributed by atoms with van der Waals surface area (Å²) >= 11 is 0. The second-order valence-electron chi connectivity index (χ2n) is 5.23. The first-order valence-electron chi connectivity index (χ1n) is 6.86. The quantitative estimate of drug-likeness (QED) is 0.633. The van der Waals surface area contributed by atoms with E-state index in [1.165, 1.54) is 18.9 Å². The molecule has 3 rings (SSSR count). The molecule has 0 saturated heterocycles. The fraction of sp³-hybridized carbons (Fsp3) is 0.462. The Balaban J connectivity index is 1.78. The molecule has 1 aliphatic carbocycles. The first-order valence-corrected chi connectivity index (χ1v) is 6.86. The van der Waals surface area contributed by atoms with E-state index >= 15 is 0 Å². The van der Waals surface area contributed by atoms with Crippen molar-refractivity contribution >= 4 is 5.69 Å². The molecule has 0 bridgehead atoms. The SMILES string of the molecule is Cc1c(Cn2nnnc2CNC2CC2)cccc1[N+](=O)[O-]. The van der Waals surface area contributed by atoms with E-state index in [0.717, 1.165) is 11.4 Å². The first kappa shape index (κ1) is 13.6. The third-order valence-electron chi connectivity index (χ3n) is 3.67. The largest absolute Gasteiger partial charge is 0.307 e. The van der Waals surface area contributed by atoms with E-state index in [1.54, 1.807) is 17.7 Å². The van der Waals surface area contributed by atoms with E-state index < -0.39 is 0 Å². The lowest BCUT2D eigenvalue weighted by Gasteiger charge is -2.08. The summed E-state index contributed by atoms with van der Waals surface area (Å²) in [7, 11) is 0. The van der Waals surface area contributed by atoms with E-state index in [4.69, 9.17) is 0 Å². The van der Waals surface area contributed by atoms with Crippen LogP contribution < -0.4 is 5.32 Å². The number of nitrogens with one attached hydrogen (secondary N) is 1. The average molecular weight is 288 g/mol. The molecule has 21 heavy (non-hydrogen) atoms. The normalized spacial score (nSPS) is 14.3. The van der Waals surface area contributed by atoms with Gasteiger partial charge in [0.2, 0.25) is 0 Å². The van der Waals surface area contributed by atoms with E-state index in [9.17, 15) is 10.1 Å². The van der Waals surface area contributed by atoms with Crippen LogP contribution in [0.5, 0.6) is 0 Å². The Morgan fingerprint density at radius 3 is 3.00 bits per heavy atom. The second-order valence-corrected chi connectivity index (χ2v) is 5.23. The van der Waals surface area contributed by atoms with Gasteiger partial charge in [-0.1, -0.05) is 12.1 Å². The van der Waals surface area contributed by atoms with Crippen molar-refractivity contribution in [3.63, 3.8) is 0 Å². The van der Waals surface area contributed by atoms with Gasteiger partial charge >= 0.3 is 0 Å². The summed E-state index contributed by atoms with van der Waals surface area (Å²) in [6, 6.07) is 5.64. The van der Waals surface area contributed by atoms with E-state index in [1.807, 2.05) is 6.07 Å². The van der Waals surface area contributed by atoms with Crippen molar-refractivity contribution in [1.29, 1.82) is 0 Å². The summed E-state index contributed by atoms with van der Waals surface area (Å²) in [6.45, 7) is 2.80. The Hall–Kier alpha value is -2.35. The molecule has 1 N–H and O–H groups in total. The maximum Gasteiger partial charge on any atom is 0.272 e. The highest BCUT2D eigenvalue weighted by atomic mass is 16.6. The van der Waals surface area contributed by atoms with Gasteiger partial charge in [0, 0.05) is 17.7 Å². The molecule has 110 valence electrons. The molecule has 0 unspecified atom stereocenters. The number of hydrogen-bond acceptors (Lipinski definition) is 6. The Bertz CT molecular complexity index is 664. The minimum atomic E-state index is -0.367. The molecule has 1 aromatic carbocycles. The van der Waals surface area contributed by atoms with Crippen LogP contribution in [0.25, 0.3) is 0 Å². The van der Waals surface area contributed by atoms with Crippen LogP contribution in [0.3, 0.4) is 0 Å². The number of rotatable bonds is 6. The number of benzene rings is 1. The van der Waals surface area contributed by atoms with Crippen LogP contribution in [-0.2, 0) is 13.1 Å². The Labute approximate surface area is 121 Å². The Morgan fingerprint density at radius 1 is 1.48 bits per heavy atom. The molecule has 1 aliphatic rings. The molecule has 1 aromatic heterocycles. The average Bonchev–Trinajstić information content (AvgIpc) is 3.18. The molecular weight excluding hydrogens is 272 g/mol. The van der Waals surface area contributed by atoms with E-state index in [2.05, 4.69) is 20.8 Å². The molecule has 1 fully saturated rings. The molecule has 0 radical (unpaired) electrons. The lowest BCUT2D eigenvalue weighted by Crippen LogP contribution is -2.20. The summed E-state index contributed by atoms with van der Waals surface area (Å²) in [5, 5.41) is 26.0. The Kier molecular flexibility index (Phi) is 3.61. The highest BCUT2D eigenvalue weighted by Crippen LogP contribution is 2.22. The fourth-order valence-corrected chi connectivity index (χ4v) is 2.20. The molecule has 8 nitrogen and oxygen atoms in total. The molecule has 0 spiro atoms. The van der Waals surface area contributed by atoms with Crippen LogP contribution >= 0.6 is 0 Å². The molecule has 1 heterocycles. The lowest BCUT2D eigenvalue weighted by molar-refractivity contribution is -0.385. The highest BCUT2D eigenvalue weighted by molar-refractivity contribution is 5.44. The van der Waals surface area contributed by atoms with Crippen molar-refractivity contribution in [2.75, 3.05) is 0 Å². The minimum absolute atomic E-state index is 0.123. The van der Waals surface area contributed by atoms with Crippen molar-refractivity contribution < 1.29 is 4.92 Å². The van der Waals surface area contributed by atoms with Gasteiger partial charge in [-0.05, 0) is 35.8 Å². The van der Waals surface area contributed by atoms with Crippen LogP contribution in [-0.4, -0.2) is 31.2 Å². The van der Waals surface area contributed by atoms with Gasteiger partial charge in [-0.2, -0.15) is 0 Å². The third kappa shape index (κ3) is 3.05. The molecule has 0 aliphatic heterocycles. The summed E-state index contributed by atoms with van der Waals surface area (Å²) in [5.41, 5.74) is 1.63. The number of nitro benzene ring substituents is 1. The van der Waals surface area contributed by atoms with Crippen LogP contribution in [0.1, 0.15) is 29.8 Å². The third-order valence-corrected chi connectivity index (χ3v) is 3.67. The molecule has 2 aromatic rings. The topological polar surface area (TPSA) is 98.8 Å². The van der Waals surface area contributed by atoms with Gasteiger partial charge in [0.15, 0.2) is 5.82 Å². The van der Waals surface area contributed by atoms with Gasteiger partial charge in [0.25, 0.3) is 5.69 Å². The van der Waals surface area contributed by atoms with Crippen molar-refractivity contribution in [1.82, 2.24) is 25.5 Å². The summed E-state index contributed by atoms with van der Waals surface area (Å²) < 4.78 is 1.68. The number of nitrogens with zero attached hydrogens (tertiary/aromatic N) is 5. The van der Waals surface area contributed by atoms with Gasteiger partial charge in [-0.3, -0.25) is 10.1 Å². The van der Waals surface area contributed by atoms with E-state index in [-0.39, 0.29) is 10.6 Å². The monoisotopic (exact) mass is 288 g/mol. The first-order chi connectivity index (χ1) is 10.1. The zero-order valence-corrected chi connectivity index (χ0v) is 11.7. The smallest absolute Gasteiger partial charge is 0.272 e. The van der Waals surface area contributed by atoms with Gasteiger partial charge < -0.3 is 5.32 Å². The van der Waals surface area contributed by atoms with Crippen molar-refractivity contribution in [3.8, 4) is 0 Å². The second kappa shape index (κ2) is 5.57. The summed E-state index contributed by atoms with van der Waals surface area (Å²) in [5.74, 6) is 0.743. The van der Waals surface area contributed by atoms with Crippen molar-refractivity contribution in [2.45, 2.75) is 38.9 Å². The number of nitro groups is 1. The van der Waals surface area contributed by atoms with Gasteiger partial charge in [-0.25, -0.2) is 4.68 Å². The summed E-state index contributed by atoms with van der Waals surface area (Å²) in [6.07, 6.45) is 2.40. The van der Waals surface area contributed by atoms with Crippen LogP contribution in [0.2, 0.25) is 0 Å². The predicted molar refractivity (Wildman–Crippen MR) is 74.6 cm³/mol. The van der Waals surface area contributed by atoms with Crippen LogP contribution in [0, 0.1) is 17.0 Å². The fourth-order valence-electron chi connectivity index (χ4n) is 2.20. The minimum Gasteiger partial charge on any atom is -0.307 e.